The van der Waals surface area contributed by atoms with Gasteiger partial charge in [0.25, 0.3) is 0 Å². The van der Waals surface area contributed by atoms with Gasteiger partial charge in [0.15, 0.2) is 12.1 Å². The van der Waals surface area contributed by atoms with Gasteiger partial charge in [-0.25, -0.2) is 22.9 Å². The molecule has 3 aromatic rings. The molecule has 0 unspecified atom stereocenters. The third kappa shape index (κ3) is 7.02. The first-order valence-electron chi connectivity index (χ1n) is 8.67. The number of esters is 2. The van der Waals surface area contributed by atoms with Crippen molar-refractivity contribution in [1.29, 1.82) is 0 Å². The minimum atomic E-state index is -0.889. The van der Waals surface area contributed by atoms with Gasteiger partial charge < -0.3 is 9.47 Å². The second-order valence-electron chi connectivity index (χ2n) is 5.83. The molecule has 172 valence electrons. The first-order valence-corrected chi connectivity index (χ1v) is 10.1. The number of aryl methyl sites for hydroxylation is 1. The topological polar surface area (TPSA) is 95.5 Å². The van der Waals surface area contributed by atoms with Gasteiger partial charge in [-0.1, -0.05) is 0 Å². The summed E-state index contributed by atoms with van der Waals surface area (Å²) < 4.78 is 47.8. The lowest BCUT2D eigenvalue weighted by molar-refractivity contribution is -0.137. The molecule has 32 heavy (non-hydrogen) atoms. The Morgan fingerprint density at radius 1 is 1.06 bits per heavy atom. The summed E-state index contributed by atoms with van der Waals surface area (Å²) in [5, 5.41) is 0. The summed E-state index contributed by atoms with van der Waals surface area (Å²) in [6.45, 7) is 2.91. The van der Waals surface area contributed by atoms with Crippen LogP contribution in [0.25, 0.3) is 10.2 Å². The van der Waals surface area contributed by atoms with Crippen LogP contribution < -0.4 is 0 Å². The summed E-state index contributed by atoms with van der Waals surface area (Å²) in [6, 6.07) is 1.61. The molecule has 0 fully saturated rings. The lowest BCUT2D eigenvalue weighted by Crippen LogP contribution is -1.99. The van der Waals surface area contributed by atoms with E-state index in [0.717, 1.165) is 12.4 Å². The fraction of sp³-hybridized carbons (Fsp3) is 0.250. The highest BCUT2D eigenvalue weighted by molar-refractivity contribution is 7.81. The molecule has 0 saturated carbocycles. The number of carbonyl (C=O) groups excluding carboxylic acids is 3. The molecule has 0 atom stereocenters. The van der Waals surface area contributed by atoms with Crippen LogP contribution in [-0.2, 0) is 14.3 Å². The number of thiol groups is 1. The van der Waals surface area contributed by atoms with Crippen LogP contribution in [0.3, 0.4) is 0 Å². The molecule has 0 aliphatic rings. The van der Waals surface area contributed by atoms with E-state index in [1.807, 2.05) is 0 Å². The molecule has 0 aliphatic heterocycles. The van der Waals surface area contributed by atoms with E-state index < -0.39 is 17.6 Å². The van der Waals surface area contributed by atoms with Gasteiger partial charge in [0.1, 0.15) is 22.2 Å². The van der Waals surface area contributed by atoms with Gasteiger partial charge in [0, 0.05) is 11.1 Å². The smallest absolute Gasteiger partial charge is 0.348 e. The monoisotopic (exact) mass is 488 g/mol. The van der Waals surface area contributed by atoms with Gasteiger partial charge in [-0.3, -0.25) is 14.6 Å². The maximum absolute atomic E-state index is 13.2. The summed E-state index contributed by atoms with van der Waals surface area (Å²) in [5.74, 6) is -2.54. The zero-order valence-corrected chi connectivity index (χ0v) is 19.2. The molecular weight excluding hydrogens is 469 g/mol. The minimum Gasteiger partial charge on any atom is -0.468 e. The normalized spacial score (nSPS) is 9.75. The van der Waals surface area contributed by atoms with E-state index in [4.69, 9.17) is 0 Å². The Morgan fingerprint density at radius 3 is 2.16 bits per heavy atom. The van der Waals surface area contributed by atoms with Crippen LogP contribution in [0.2, 0.25) is 0 Å². The molecule has 0 N–H and O–H groups in total. The number of hydrogen-bond donors (Lipinski definition) is 1. The molecule has 0 aromatic carbocycles. The molecule has 0 radical (unpaired) electrons. The summed E-state index contributed by atoms with van der Waals surface area (Å²) in [4.78, 5) is 38.8. The number of pyridine rings is 2. The van der Waals surface area contributed by atoms with Gasteiger partial charge in [0.05, 0.1) is 42.6 Å². The maximum atomic E-state index is 13.2. The van der Waals surface area contributed by atoms with Crippen molar-refractivity contribution < 1.29 is 37.0 Å². The number of halogens is 3. The average molecular weight is 489 g/mol. The van der Waals surface area contributed by atoms with Crippen LogP contribution in [0.4, 0.5) is 13.2 Å². The third-order valence-electron chi connectivity index (χ3n) is 3.81. The van der Waals surface area contributed by atoms with Crippen LogP contribution in [0.1, 0.15) is 31.3 Å². The van der Waals surface area contributed by atoms with Crippen molar-refractivity contribution in [2.75, 3.05) is 20.0 Å². The Bertz CT molecular complexity index is 1120. The number of hydrogen-bond acceptors (Lipinski definition) is 9. The second kappa shape index (κ2) is 12.8. The molecule has 12 heteroatoms. The van der Waals surface area contributed by atoms with E-state index in [-0.39, 0.29) is 35.1 Å². The van der Waals surface area contributed by atoms with Gasteiger partial charge >= 0.3 is 11.9 Å². The minimum absolute atomic E-state index is 0.163. The fourth-order valence-electron chi connectivity index (χ4n) is 2.00. The van der Waals surface area contributed by atoms with Crippen molar-refractivity contribution in [3.63, 3.8) is 0 Å². The third-order valence-corrected chi connectivity index (χ3v) is 5.29. The summed E-state index contributed by atoms with van der Waals surface area (Å²) in [5.41, 5.74) is 0.602. The second-order valence-corrected chi connectivity index (χ2v) is 7.20. The van der Waals surface area contributed by atoms with Crippen molar-refractivity contribution in [1.82, 2.24) is 9.97 Å². The summed E-state index contributed by atoms with van der Waals surface area (Å²) in [6.07, 6.45) is 2.23. The van der Waals surface area contributed by atoms with Crippen LogP contribution in [0.15, 0.2) is 18.5 Å². The van der Waals surface area contributed by atoms with Crippen LogP contribution >= 0.6 is 24.0 Å². The molecule has 0 aliphatic carbocycles. The van der Waals surface area contributed by atoms with E-state index in [0.29, 0.717) is 20.7 Å². The highest BCUT2D eigenvalue weighted by atomic mass is 32.1. The molecule has 3 rings (SSSR count). The van der Waals surface area contributed by atoms with Crippen LogP contribution in [-0.4, -0.2) is 48.2 Å². The van der Waals surface area contributed by atoms with E-state index in [2.05, 4.69) is 32.1 Å². The van der Waals surface area contributed by atoms with E-state index in [9.17, 15) is 27.6 Å². The predicted molar refractivity (Wildman–Crippen MR) is 116 cm³/mol. The molecule has 3 heterocycles. The quantitative estimate of drug-likeness (QED) is 0.337. The Morgan fingerprint density at radius 2 is 1.66 bits per heavy atom. The largest absolute Gasteiger partial charge is 0.468 e. The number of nitrogens with zero attached hydrogens (tertiary/aromatic N) is 2. The van der Waals surface area contributed by atoms with Crippen LogP contribution in [0.5, 0.6) is 0 Å². The van der Waals surface area contributed by atoms with Crippen molar-refractivity contribution in [2.24, 2.45) is 0 Å². The summed E-state index contributed by atoms with van der Waals surface area (Å²) in [7, 11) is 2.64. The maximum Gasteiger partial charge on any atom is 0.348 e. The lowest BCUT2D eigenvalue weighted by Gasteiger charge is -1.98. The van der Waals surface area contributed by atoms with Crippen molar-refractivity contribution in [2.45, 2.75) is 13.8 Å². The number of methoxy groups -OCH3 is 2. The predicted octanol–water partition coefficient (Wildman–Crippen LogP) is 4.10. The van der Waals surface area contributed by atoms with E-state index in [1.165, 1.54) is 32.5 Å². The van der Waals surface area contributed by atoms with Gasteiger partial charge in [-0.15, -0.1) is 11.3 Å². The zero-order chi connectivity index (χ0) is 24.4. The molecule has 7 nitrogen and oxygen atoms in total. The fourth-order valence-corrected chi connectivity index (χ4v) is 3.16. The summed E-state index contributed by atoms with van der Waals surface area (Å²) >= 11 is 4.81. The zero-order valence-electron chi connectivity index (χ0n) is 17.4. The van der Waals surface area contributed by atoms with Gasteiger partial charge in [-0.2, -0.15) is 12.6 Å². The Kier molecular flexibility index (Phi) is 10.8. The Labute approximate surface area is 191 Å². The molecule has 0 amide bonds. The highest BCUT2D eigenvalue weighted by Crippen LogP contribution is 2.28. The number of carbonyl (C=O) groups is 3. The van der Waals surface area contributed by atoms with Crippen molar-refractivity contribution in [3.05, 3.63) is 57.6 Å². The number of aromatic nitrogens is 2. The number of fused-ring (bicyclic) bond motifs is 1. The van der Waals surface area contributed by atoms with E-state index >= 15 is 0 Å². The standard InChI is InChI=1S/C10H8FNO2S.C7H5F2NO.C3H6O2S/c1-5-6(11)4-12-7-3-8(10(13)14-2)15-9(5)7;1-4-5(8)2-10-6(3-11)7(4)9;1-5-3(4)2-6/h3-4H,1-2H3;2-3H,1H3;6H,2H2,1H3. The molecule has 0 bridgehead atoms. The molecule has 0 saturated heterocycles. The first kappa shape index (κ1) is 27.0. The van der Waals surface area contributed by atoms with Gasteiger partial charge in [-0.05, 0) is 19.9 Å². The molecule has 3 aromatic heterocycles. The number of aldehydes is 1. The Hall–Kier alpha value is -2.99. The van der Waals surface area contributed by atoms with E-state index in [1.54, 1.807) is 13.0 Å². The Balaban J connectivity index is 0.000000265. The van der Waals surface area contributed by atoms with Gasteiger partial charge in [0.2, 0.25) is 0 Å². The van der Waals surface area contributed by atoms with Crippen molar-refractivity contribution in [3.8, 4) is 0 Å². The van der Waals surface area contributed by atoms with Crippen LogP contribution in [0, 0.1) is 31.3 Å². The number of thiophene rings is 1. The highest BCUT2D eigenvalue weighted by Gasteiger charge is 2.14. The average Bonchev–Trinajstić information content (AvgIpc) is 3.25. The first-order chi connectivity index (χ1) is 15.1. The number of rotatable bonds is 3. The van der Waals surface area contributed by atoms with Crippen molar-refractivity contribution >= 4 is 52.4 Å². The molecule has 0 spiro atoms. The lowest BCUT2D eigenvalue weighted by atomic mass is 10.2. The molecular formula is C20H19F3N2O5S2. The number of ether oxygens (including phenoxy) is 2. The SMILES string of the molecule is COC(=O)CS.COC(=O)c1cc2ncc(F)c(C)c2s1.Cc1c(F)cnc(C=O)c1F.